The quantitative estimate of drug-likeness (QED) is 0.813. The fraction of sp³-hybridized carbons (Fsp3) is 0.611. The Morgan fingerprint density at radius 3 is 2.68 bits per heavy atom. The van der Waals surface area contributed by atoms with Gasteiger partial charge in [-0.05, 0) is 11.5 Å². The lowest BCUT2D eigenvalue weighted by atomic mass is 10.0. The first-order chi connectivity index (χ1) is 11.8. The third-order valence-electron chi connectivity index (χ3n) is 5.76. The van der Waals surface area contributed by atoms with Gasteiger partial charge in [-0.2, -0.15) is 4.31 Å². The van der Waals surface area contributed by atoms with Crippen LogP contribution in [0.15, 0.2) is 30.3 Å². The van der Waals surface area contributed by atoms with Crippen molar-refractivity contribution in [3.63, 3.8) is 0 Å². The summed E-state index contributed by atoms with van der Waals surface area (Å²) in [5, 5.41) is 0. The first kappa shape index (κ1) is 17.0. The molecule has 0 unspecified atom stereocenters. The summed E-state index contributed by atoms with van der Waals surface area (Å²) in [5.41, 5.74) is 0.00695. The van der Waals surface area contributed by atoms with E-state index in [1.165, 1.54) is 4.31 Å². The minimum Gasteiger partial charge on any atom is -0.352 e. The van der Waals surface area contributed by atoms with Crippen molar-refractivity contribution in [2.24, 2.45) is 5.92 Å². The summed E-state index contributed by atoms with van der Waals surface area (Å²) >= 11 is 0. The second-order valence-electron chi connectivity index (χ2n) is 7.55. The Balaban J connectivity index is 1.62. The largest absolute Gasteiger partial charge is 0.352 e. The van der Waals surface area contributed by atoms with Gasteiger partial charge in [-0.25, -0.2) is 8.42 Å². The van der Waals surface area contributed by atoms with E-state index in [-0.39, 0.29) is 30.0 Å². The number of ether oxygens (including phenoxy) is 1. The Morgan fingerprint density at radius 1 is 1.28 bits per heavy atom. The van der Waals surface area contributed by atoms with Crippen LogP contribution in [-0.4, -0.2) is 54.5 Å². The number of carbonyl (C=O) groups is 1. The number of rotatable bonds is 4. The average molecular weight is 364 g/mol. The zero-order valence-electron chi connectivity index (χ0n) is 14.6. The molecule has 4 rings (SSSR count). The van der Waals surface area contributed by atoms with Crippen LogP contribution in [0.3, 0.4) is 0 Å². The molecule has 6 nitrogen and oxygen atoms in total. The molecule has 1 aromatic carbocycles. The van der Waals surface area contributed by atoms with Crippen molar-refractivity contribution >= 4 is 15.9 Å². The topological polar surface area (TPSA) is 66.9 Å². The maximum atomic E-state index is 13.0. The van der Waals surface area contributed by atoms with E-state index in [1.807, 2.05) is 35.2 Å². The van der Waals surface area contributed by atoms with Crippen LogP contribution in [0.5, 0.6) is 0 Å². The van der Waals surface area contributed by atoms with Gasteiger partial charge >= 0.3 is 0 Å². The van der Waals surface area contributed by atoms with Gasteiger partial charge in [-0.15, -0.1) is 0 Å². The van der Waals surface area contributed by atoms with Crippen LogP contribution >= 0.6 is 0 Å². The zero-order chi connectivity index (χ0) is 17.8. The number of amides is 1. The number of nitrogens with zero attached hydrogens (tertiary/aromatic N) is 2. The maximum Gasteiger partial charge on any atom is 0.227 e. The van der Waals surface area contributed by atoms with Crippen molar-refractivity contribution in [3.8, 4) is 0 Å². The monoisotopic (exact) mass is 364 g/mol. The molecule has 0 radical (unpaired) electrons. The number of hydrogen-bond donors (Lipinski definition) is 0. The van der Waals surface area contributed by atoms with E-state index in [0.717, 1.165) is 5.56 Å². The zero-order valence-corrected chi connectivity index (χ0v) is 15.4. The predicted octanol–water partition coefficient (Wildman–Crippen LogP) is 1.57. The van der Waals surface area contributed by atoms with E-state index in [2.05, 4.69) is 13.8 Å². The molecule has 1 amide bonds. The Labute approximate surface area is 148 Å². The van der Waals surface area contributed by atoms with Crippen molar-refractivity contribution in [2.45, 2.75) is 50.3 Å². The molecule has 3 atom stereocenters. The molecule has 3 heterocycles. The van der Waals surface area contributed by atoms with Gasteiger partial charge in [0.25, 0.3) is 0 Å². The fourth-order valence-corrected chi connectivity index (χ4v) is 6.31. The maximum absolute atomic E-state index is 13.0. The number of carbonyl (C=O) groups excluding carboxylic acids is 1. The van der Waals surface area contributed by atoms with E-state index in [9.17, 15) is 13.2 Å². The molecular weight excluding hydrogens is 340 g/mol. The van der Waals surface area contributed by atoms with Crippen LogP contribution in [0.2, 0.25) is 0 Å². The summed E-state index contributed by atoms with van der Waals surface area (Å²) in [6.45, 7) is 5.06. The van der Waals surface area contributed by atoms with Crippen molar-refractivity contribution in [3.05, 3.63) is 35.9 Å². The van der Waals surface area contributed by atoms with Crippen LogP contribution in [0.1, 0.15) is 32.3 Å². The highest BCUT2D eigenvalue weighted by atomic mass is 32.2. The first-order valence-corrected chi connectivity index (χ1v) is 10.5. The van der Waals surface area contributed by atoms with Crippen LogP contribution in [0.25, 0.3) is 0 Å². The van der Waals surface area contributed by atoms with Crippen LogP contribution in [0.4, 0.5) is 0 Å². The standard InChI is InChI=1S/C18H24N2O4S/c1-13(2)15-11-24-18-8-9-19(16(18)10-17(21)20(15)18)25(22,23)12-14-6-4-3-5-7-14/h3-7,13,15-16H,8-12H2,1-2H3/t15-,16+,18-/m0/s1. The fourth-order valence-electron chi connectivity index (χ4n) is 4.53. The summed E-state index contributed by atoms with van der Waals surface area (Å²) in [5.74, 6) is 0.264. The van der Waals surface area contributed by atoms with Gasteiger partial charge in [-0.1, -0.05) is 44.2 Å². The van der Waals surface area contributed by atoms with Crippen molar-refractivity contribution in [2.75, 3.05) is 13.2 Å². The Kier molecular flexibility index (Phi) is 3.94. The molecule has 3 saturated heterocycles. The molecule has 1 spiro atoms. The molecule has 0 N–H and O–H groups in total. The highest BCUT2D eigenvalue weighted by molar-refractivity contribution is 7.88. The van der Waals surface area contributed by atoms with Gasteiger partial charge in [0.2, 0.25) is 15.9 Å². The lowest BCUT2D eigenvalue weighted by molar-refractivity contribution is -0.139. The molecule has 0 aromatic heterocycles. The van der Waals surface area contributed by atoms with Crippen molar-refractivity contribution < 1.29 is 17.9 Å². The van der Waals surface area contributed by atoms with Crippen LogP contribution < -0.4 is 0 Å². The molecule has 3 aliphatic heterocycles. The van der Waals surface area contributed by atoms with Gasteiger partial charge < -0.3 is 9.64 Å². The highest BCUT2D eigenvalue weighted by Gasteiger charge is 2.66. The molecule has 7 heteroatoms. The van der Waals surface area contributed by atoms with E-state index in [4.69, 9.17) is 4.74 Å². The van der Waals surface area contributed by atoms with Gasteiger partial charge in [0.1, 0.15) is 0 Å². The normalized spacial score (nSPS) is 32.4. The second-order valence-corrected chi connectivity index (χ2v) is 9.47. The van der Waals surface area contributed by atoms with Crippen LogP contribution in [-0.2, 0) is 25.3 Å². The molecular formula is C18H24N2O4S. The van der Waals surface area contributed by atoms with E-state index in [1.54, 1.807) is 0 Å². The van der Waals surface area contributed by atoms with Crippen LogP contribution in [0, 0.1) is 5.92 Å². The summed E-state index contributed by atoms with van der Waals surface area (Å²) < 4.78 is 33.6. The molecule has 25 heavy (non-hydrogen) atoms. The van der Waals surface area contributed by atoms with E-state index in [0.29, 0.717) is 19.6 Å². The third-order valence-corrected chi connectivity index (χ3v) is 7.61. The van der Waals surface area contributed by atoms with Gasteiger partial charge in [0.15, 0.2) is 5.72 Å². The van der Waals surface area contributed by atoms with Crippen molar-refractivity contribution in [1.29, 1.82) is 0 Å². The molecule has 0 aliphatic carbocycles. The summed E-state index contributed by atoms with van der Waals surface area (Å²) in [4.78, 5) is 14.5. The lowest BCUT2D eigenvalue weighted by Crippen LogP contribution is -2.51. The SMILES string of the molecule is CC(C)[C@@H]1CO[C@@]23CCN(S(=O)(=O)Cc4ccccc4)[C@@H]2CC(=O)N13. The first-order valence-electron chi connectivity index (χ1n) is 8.85. The second kappa shape index (κ2) is 5.79. The number of sulfonamides is 1. The van der Waals surface area contributed by atoms with Gasteiger partial charge in [0, 0.05) is 19.4 Å². The van der Waals surface area contributed by atoms with Gasteiger partial charge in [-0.3, -0.25) is 4.79 Å². The summed E-state index contributed by atoms with van der Waals surface area (Å²) in [6.07, 6.45) is 0.776. The Morgan fingerprint density at radius 2 is 2.00 bits per heavy atom. The molecule has 1 aromatic rings. The average Bonchev–Trinajstić information content (AvgIpc) is 3.17. The minimum absolute atomic E-state index is 0.0146. The van der Waals surface area contributed by atoms with Crippen molar-refractivity contribution in [1.82, 2.24) is 9.21 Å². The molecule has 3 fully saturated rings. The number of hydrogen-bond acceptors (Lipinski definition) is 4. The van der Waals surface area contributed by atoms with E-state index < -0.39 is 21.8 Å². The molecule has 3 aliphatic rings. The molecule has 0 saturated carbocycles. The Bertz CT molecular complexity index is 780. The summed E-state index contributed by atoms with van der Waals surface area (Å²) in [6, 6.07) is 8.81. The molecule has 136 valence electrons. The highest BCUT2D eigenvalue weighted by Crippen LogP contribution is 2.49. The smallest absolute Gasteiger partial charge is 0.227 e. The predicted molar refractivity (Wildman–Crippen MR) is 92.9 cm³/mol. The van der Waals surface area contributed by atoms with E-state index >= 15 is 0 Å². The lowest BCUT2D eigenvalue weighted by Gasteiger charge is -2.34. The summed E-state index contributed by atoms with van der Waals surface area (Å²) in [7, 11) is -3.50. The molecule has 0 bridgehead atoms. The Hall–Kier alpha value is -1.44. The third kappa shape index (κ3) is 2.52. The van der Waals surface area contributed by atoms with Gasteiger partial charge in [0.05, 0.1) is 24.4 Å². The minimum atomic E-state index is -3.50. The number of benzene rings is 1.